The summed E-state index contributed by atoms with van der Waals surface area (Å²) in [6.45, 7) is 1.83. The molecule has 6 nitrogen and oxygen atoms in total. The summed E-state index contributed by atoms with van der Waals surface area (Å²) in [6, 6.07) is 8.03. The number of alkyl halides is 3. The number of carbonyl (C=O) groups excluding carboxylic acids is 2. The van der Waals surface area contributed by atoms with Crippen LogP contribution >= 0.6 is 23.2 Å². The molecule has 0 fully saturated rings. The largest absolute Gasteiger partial charge is 0.466 e. The number of hydrogen-bond donors (Lipinski definition) is 2. The molecule has 0 aliphatic carbocycles. The SMILES string of the molecule is CCN(C(=O)Nc1ccc(Cl)c(Cl)c1)c1ccc(C(O)(C(=O)OC)C(F)(F)F)cc1. The number of esters is 1. The molecule has 0 radical (unpaired) electrons. The number of benzene rings is 2. The average Bonchev–Trinajstić information content (AvgIpc) is 2.69. The van der Waals surface area contributed by atoms with Crippen LogP contribution in [0.2, 0.25) is 10.0 Å². The quantitative estimate of drug-likeness (QED) is 0.611. The lowest BCUT2D eigenvalue weighted by Gasteiger charge is -2.28. The number of methoxy groups -OCH3 is 1. The molecule has 0 heterocycles. The van der Waals surface area contributed by atoms with Crippen LogP contribution in [-0.4, -0.2) is 36.9 Å². The molecule has 2 rings (SSSR count). The van der Waals surface area contributed by atoms with Crippen LogP contribution in [0.3, 0.4) is 0 Å². The summed E-state index contributed by atoms with van der Waals surface area (Å²) in [5, 5.41) is 13.1. The van der Waals surface area contributed by atoms with E-state index in [2.05, 4.69) is 10.1 Å². The molecule has 1 unspecified atom stereocenters. The Morgan fingerprint density at radius 2 is 1.70 bits per heavy atom. The van der Waals surface area contributed by atoms with E-state index in [1.165, 1.54) is 35.2 Å². The van der Waals surface area contributed by atoms with E-state index in [4.69, 9.17) is 23.2 Å². The van der Waals surface area contributed by atoms with E-state index in [1.807, 2.05) is 0 Å². The van der Waals surface area contributed by atoms with Crippen molar-refractivity contribution in [1.29, 1.82) is 0 Å². The maximum absolute atomic E-state index is 13.3. The third kappa shape index (κ3) is 4.63. The van der Waals surface area contributed by atoms with Crippen molar-refractivity contribution in [2.24, 2.45) is 0 Å². The molecule has 0 aliphatic rings. The van der Waals surface area contributed by atoms with Crippen LogP contribution in [0.15, 0.2) is 42.5 Å². The van der Waals surface area contributed by atoms with Gasteiger partial charge in [0, 0.05) is 23.5 Å². The van der Waals surface area contributed by atoms with Crippen molar-refractivity contribution in [2.45, 2.75) is 18.7 Å². The van der Waals surface area contributed by atoms with Crippen LogP contribution < -0.4 is 10.2 Å². The van der Waals surface area contributed by atoms with Gasteiger partial charge >= 0.3 is 18.2 Å². The minimum Gasteiger partial charge on any atom is -0.466 e. The second kappa shape index (κ2) is 9.11. The van der Waals surface area contributed by atoms with Crippen molar-refractivity contribution in [3.05, 3.63) is 58.1 Å². The number of carbonyl (C=O) groups is 2. The summed E-state index contributed by atoms with van der Waals surface area (Å²) in [5.74, 6) is -1.87. The standard InChI is InChI=1S/C19H17Cl2F3N2O4/c1-3-26(17(28)25-12-6-9-14(20)15(21)10-12)13-7-4-11(5-8-13)18(29,16(27)30-2)19(22,23)24/h4-10,29H,3H2,1-2H3,(H,25,28). The Bertz CT molecular complexity index is 938. The molecule has 1 atom stereocenters. The van der Waals surface area contributed by atoms with Crippen molar-refractivity contribution in [2.75, 3.05) is 23.9 Å². The predicted octanol–water partition coefficient (Wildman–Crippen LogP) is 4.97. The molecule has 11 heteroatoms. The summed E-state index contributed by atoms with van der Waals surface area (Å²) < 4.78 is 44.1. The van der Waals surface area contributed by atoms with Crippen LogP contribution in [0.5, 0.6) is 0 Å². The molecule has 2 N–H and O–H groups in total. The highest BCUT2D eigenvalue weighted by Gasteiger charge is 2.62. The molecule has 0 saturated carbocycles. The lowest BCUT2D eigenvalue weighted by atomic mass is 9.93. The zero-order valence-corrected chi connectivity index (χ0v) is 17.3. The molecule has 0 spiro atoms. The second-order valence-electron chi connectivity index (χ2n) is 6.05. The van der Waals surface area contributed by atoms with Gasteiger partial charge in [0.1, 0.15) is 0 Å². The third-order valence-electron chi connectivity index (χ3n) is 4.22. The lowest BCUT2D eigenvalue weighted by Crippen LogP contribution is -2.49. The number of nitrogens with zero attached hydrogens (tertiary/aromatic N) is 1. The van der Waals surface area contributed by atoms with Crippen molar-refractivity contribution in [3.8, 4) is 0 Å². The van der Waals surface area contributed by atoms with E-state index >= 15 is 0 Å². The van der Waals surface area contributed by atoms with Gasteiger partial charge in [-0.3, -0.25) is 4.90 Å². The van der Waals surface area contributed by atoms with E-state index in [0.717, 1.165) is 19.2 Å². The van der Waals surface area contributed by atoms with E-state index in [-0.39, 0.29) is 17.3 Å². The first-order chi connectivity index (χ1) is 13.9. The molecule has 0 bridgehead atoms. The Morgan fingerprint density at radius 3 is 2.17 bits per heavy atom. The van der Waals surface area contributed by atoms with Gasteiger partial charge in [-0.05, 0) is 37.3 Å². The molecular formula is C19H17Cl2F3N2O4. The van der Waals surface area contributed by atoms with E-state index < -0.39 is 29.3 Å². The highest BCUT2D eigenvalue weighted by molar-refractivity contribution is 6.42. The van der Waals surface area contributed by atoms with Gasteiger partial charge in [-0.2, -0.15) is 13.2 Å². The first-order valence-electron chi connectivity index (χ1n) is 8.47. The van der Waals surface area contributed by atoms with Gasteiger partial charge in [0.05, 0.1) is 17.2 Å². The summed E-state index contributed by atoms with van der Waals surface area (Å²) in [4.78, 5) is 25.4. The van der Waals surface area contributed by atoms with Crippen molar-refractivity contribution in [1.82, 2.24) is 0 Å². The first kappa shape index (κ1) is 23.8. The molecular weight excluding hydrogens is 448 g/mol. The fraction of sp³-hybridized carbons (Fsp3) is 0.263. The minimum atomic E-state index is -5.31. The highest BCUT2D eigenvalue weighted by Crippen LogP contribution is 2.40. The fourth-order valence-electron chi connectivity index (χ4n) is 2.64. The molecule has 0 saturated heterocycles. The first-order valence-corrected chi connectivity index (χ1v) is 9.23. The molecule has 162 valence electrons. The number of nitrogens with one attached hydrogen (secondary N) is 1. The number of aliphatic hydroxyl groups is 1. The Hall–Kier alpha value is -2.49. The lowest BCUT2D eigenvalue weighted by molar-refractivity contribution is -0.266. The molecule has 30 heavy (non-hydrogen) atoms. The smallest absolute Gasteiger partial charge is 0.432 e. The third-order valence-corrected chi connectivity index (χ3v) is 4.96. The number of amides is 2. The predicted molar refractivity (Wildman–Crippen MR) is 107 cm³/mol. The summed E-state index contributed by atoms with van der Waals surface area (Å²) in [6.07, 6.45) is -5.31. The normalized spacial score (nSPS) is 13.3. The Labute approximate surface area is 180 Å². The molecule has 0 aromatic heterocycles. The van der Waals surface area contributed by atoms with E-state index in [9.17, 15) is 27.9 Å². The zero-order valence-electron chi connectivity index (χ0n) is 15.8. The Balaban J connectivity index is 2.31. The van der Waals surface area contributed by atoms with Crippen LogP contribution in [0.1, 0.15) is 12.5 Å². The maximum atomic E-state index is 13.3. The molecule has 2 aromatic carbocycles. The fourth-order valence-corrected chi connectivity index (χ4v) is 2.93. The Morgan fingerprint density at radius 1 is 1.10 bits per heavy atom. The molecule has 2 aromatic rings. The number of anilines is 2. The topological polar surface area (TPSA) is 78.9 Å². The summed E-state index contributed by atoms with van der Waals surface area (Å²) in [5.41, 5.74) is -3.99. The van der Waals surface area contributed by atoms with Gasteiger partial charge in [-0.15, -0.1) is 0 Å². The number of rotatable bonds is 5. The van der Waals surface area contributed by atoms with Crippen LogP contribution in [0.25, 0.3) is 0 Å². The van der Waals surface area contributed by atoms with Crippen LogP contribution in [0.4, 0.5) is 29.3 Å². The highest BCUT2D eigenvalue weighted by atomic mass is 35.5. The van der Waals surface area contributed by atoms with Crippen molar-refractivity contribution >= 4 is 46.6 Å². The van der Waals surface area contributed by atoms with Gasteiger partial charge in [0.25, 0.3) is 5.60 Å². The van der Waals surface area contributed by atoms with Crippen molar-refractivity contribution < 1.29 is 32.6 Å². The summed E-state index contributed by atoms with van der Waals surface area (Å²) >= 11 is 11.7. The number of urea groups is 1. The van der Waals surface area contributed by atoms with Gasteiger partial charge in [0.15, 0.2) is 0 Å². The van der Waals surface area contributed by atoms with E-state index in [0.29, 0.717) is 10.7 Å². The van der Waals surface area contributed by atoms with Crippen molar-refractivity contribution in [3.63, 3.8) is 0 Å². The average molecular weight is 465 g/mol. The number of hydrogen-bond acceptors (Lipinski definition) is 4. The van der Waals surface area contributed by atoms with Crippen LogP contribution in [0, 0.1) is 0 Å². The van der Waals surface area contributed by atoms with Crippen LogP contribution in [-0.2, 0) is 15.1 Å². The van der Waals surface area contributed by atoms with Gasteiger partial charge in [-0.1, -0.05) is 35.3 Å². The molecule has 0 aliphatic heterocycles. The maximum Gasteiger partial charge on any atom is 0.432 e. The van der Waals surface area contributed by atoms with Gasteiger partial charge < -0.3 is 15.2 Å². The zero-order chi connectivity index (χ0) is 22.7. The summed E-state index contributed by atoms with van der Waals surface area (Å²) in [7, 11) is 0.736. The van der Waals surface area contributed by atoms with Gasteiger partial charge in [0.2, 0.25) is 0 Å². The minimum absolute atomic E-state index is 0.174. The number of halogens is 5. The monoisotopic (exact) mass is 464 g/mol. The van der Waals surface area contributed by atoms with E-state index in [1.54, 1.807) is 6.92 Å². The molecule has 2 amide bonds. The van der Waals surface area contributed by atoms with Gasteiger partial charge in [-0.25, -0.2) is 9.59 Å². The Kier molecular flexibility index (Phi) is 7.23. The second-order valence-corrected chi connectivity index (χ2v) is 6.86. The number of ether oxygens (including phenoxy) is 1.